The smallest absolute Gasteiger partial charge is 0.161 e. The quantitative estimate of drug-likeness (QED) is 0.776. The monoisotopic (exact) mass is 250 g/mol. The van der Waals surface area contributed by atoms with Gasteiger partial charge in [0.2, 0.25) is 0 Å². The Kier molecular flexibility index (Phi) is 4.76. The summed E-state index contributed by atoms with van der Waals surface area (Å²) in [5.74, 6) is 1.53. The highest BCUT2D eigenvalue weighted by molar-refractivity contribution is 5.87. The maximum Gasteiger partial charge on any atom is 0.161 e. The number of ether oxygens (including phenoxy) is 2. The van der Waals surface area contributed by atoms with Gasteiger partial charge in [-0.1, -0.05) is 19.4 Å². The number of Topliss-reactive ketones (excluding diaryl/α,β-unsaturated/α-hetero) is 1. The van der Waals surface area contributed by atoms with Gasteiger partial charge in [0, 0.05) is 0 Å². The molecule has 1 rings (SSSR count). The van der Waals surface area contributed by atoms with Crippen LogP contribution in [0.4, 0.5) is 0 Å². The molecule has 0 aliphatic heterocycles. The molecule has 18 heavy (non-hydrogen) atoms. The number of carbonyl (C=O) groups excluding carboxylic acids is 1. The molecule has 0 aromatic heterocycles. The van der Waals surface area contributed by atoms with Crippen LogP contribution in [0.1, 0.15) is 39.2 Å². The van der Waals surface area contributed by atoms with Crippen molar-refractivity contribution in [3.63, 3.8) is 0 Å². The molecule has 100 valence electrons. The van der Waals surface area contributed by atoms with Crippen molar-refractivity contribution in [1.29, 1.82) is 0 Å². The predicted octanol–water partition coefficient (Wildman–Crippen LogP) is 3.35. The number of benzene rings is 1. The summed E-state index contributed by atoms with van der Waals surface area (Å²) in [7, 11) is 3.21. The lowest BCUT2D eigenvalue weighted by molar-refractivity contribution is -0.122. The highest BCUT2D eigenvalue weighted by atomic mass is 16.5. The number of rotatable bonds is 6. The minimum Gasteiger partial charge on any atom is -0.493 e. The normalized spacial score (nSPS) is 13.8. The molecule has 0 spiro atoms. The highest BCUT2D eigenvalue weighted by Gasteiger charge is 2.31. The van der Waals surface area contributed by atoms with Gasteiger partial charge in [0.05, 0.1) is 19.6 Å². The summed E-state index contributed by atoms with van der Waals surface area (Å²) in [6, 6.07) is 5.69. The van der Waals surface area contributed by atoms with Gasteiger partial charge >= 0.3 is 0 Å². The van der Waals surface area contributed by atoms with E-state index in [0.717, 1.165) is 18.4 Å². The van der Waals surface area contributed by atoms with Gasteiger partial charge in [0.15, 0.2) is 11.5 Å². The average Bonchev–Trinajstić information content (AvgIpc) is 2.37. The second-order valence-electron chi connectivity index (χ2n) is 4.71. The number of methoxy groups -OCH3 is 2. The summed E-state index contributed by atoms with van der Waals surface area (Å²) < 4.78 is 10.5. The lowest BCUT2D eigenvalue weighted by Gasteiger charge is -2.27. The average molecular weight is 250 g/mol. The molecule has 1 atom stereocenters. The molecule has 0 bridgehead atoms. The first-order chi connectivity index (χ1) is 8.49. The van der Waals surface area contributed by atoms with E-state index in [0.29, 0.717) is 11.5 Å². The third kappa shape index (κ3) is 2.66. The van der Waals surface area contributed by atoms with Gasteiger partial charge < -0.3 is 9.47 Å². The molecule has 1 aromatic rings. The fourth-order valence-corrected chi connectivity index (χ4v) is 2.20. The molecule has 1 aromatic carbocycles. The van der Waals surface area contributed by atoms with Crippen LogP contribution in [-0.4, -0.2) is 20.0 Å². The summed E-state index contributed by atoms with van der Waals surface area (Å²) >= 11 is 0. The first kappa shape index (κ1) is 14.6. The molecule has 0 radical (unpaired) electrons. The lowest BCUT2D eigenvalue weighted by Crippen LogP contribution is -2.30. The Morgan fingerprint density at radius 3 is 2.28 bits per heavy atom. The standard InChI is InChI=1S/C15H22O3/c1-6-9-15(3,11(2)16)12-7-8-13(17-4)14(10-12)18-5/h7-8,10H,6,9H2,1-5H3. The summed E-state index contributed by atoms with van der Waals surface area (Å²) in [6.45, 7) is 5.72. The van der Waals surface area contributed by atoms with Gasteiger partial charge in [-0.3, -0.25) is 4.79 Å². The van der Waals surface area contributed by atoms with Crippen LogP contribution in [0.25, 0.3) is 0 Å². The number of ketones is 1. The van der Waals surface area contributed by atoms with E-state index in [1.165, 1.54) is 0 Å². The third-order valence-corrected chi connectivity index (χ3v) is 3.55. The molecule has 0 saturated heterocycles. The SMILES string of the molecule is CCCC(C)(C(C)=O)c1ccc(OC)c(OC)c1. The van der Waals surface area contributed by atoms with E-state index in [-0.39, 0.29) is 5.78 Å². The molecule has 0 N–H and O–H groups in total. The van der Waals surface area contributed by atoms with Crippen LogP contribution in [0.3, 0.4) is 0 Å². The Morgan fingerprint density at radius 1 is 1.22 bits per heavy atom. The van der Waals surface area contributed by atoms with Crippen molar-refractivity contribution >= 4 is 5.78 Å². The second-order valence-corrected chi connectivity index (χ2v) is 4.71. The molecule has 0 fully saturated rings. The third-order valence-electron chi connectivity index (χ3n) is 3.55. The summed E-state index contributed by atoms with van der Waals surface area (Å²) in [5, 5.41) is 0. The molecular weight excluding hydrogens is 228 g/mol. The zero-order valence-electron chi connectivity index (χ0n) is 11.9. The molecule has 1 unspecified atom stereocenters. The van der Waals surface area contributed by atoms with Crippen molar-refractivity contribution in [2.24, 2.45) is 0 Å². The Labute approximate surface area is 109 Å². The first-order valence-electron chi connectivity index (χ1n) is 6.23. The van der Waals surface area contributed by atoms with E-state index in [4.69, 9.17) is 9.47 Å². The largest absolute Gasteiger partial charge is 0.493 e. The van der Waals surface area contributed by atoms with Crippen LogP contribution in [0.15, 0.2) is 18.2 Å². The zero-order valence-corrected chi connectivity index (χ0v) is 11.9. The van der Waals surface area contributed by atoms with Gasteiger partial charge in [-0.15, -0.1) is 0 Å². The molecule has 0 saturated carbocycles. The Balaban J connectivity index is 3.26. The molecule has 0 heterocycles. The van der Waals surface area contributed by atoms with Gasteiger partial charge in [-0.05, 0) is 38.0 Å². The van der Waals surface area contributed by atoms with Crippen molar-refractivity contribution in [2.45, 2.75) is 39.0 Å². The van der Waals surface area contributed by atoms with E-state index in [1.807, 2.05) is 25.1 Å². The minimum atomic E-state index is -0.450. The van der Waals surface area contributed by atoms with Crippen LogP contribution in [0.5, 0.6) is 11.5 Å². The minimum absolute atomic E-state index is 0.177. The molecule has 3 nitrogen and oxygen atoms in total. The van der Waals surface area contributed by atoms with Gasteiger partial charge in [-0.2, -0.15) is 0 Å². The van der Waals surface area contributed by atoms with Crippen molar-refractivity contribution < 1.29 is 14.3 Å². The van der Waals surface area contributed by atoms with Crippen LogP contribution in [0.2, 0.25) is 0 Å². The number of carbonyl (C=O) groups is 1. The van der Waals surface area contributed by atoms with Crippen molar-refractivity contribution in [1.82, 2.24) is 0 Å². The maximum atomic E-state index is 11.9. The van der Waals surface area contributed by atoms with E-state index in [1.54, 1.807) is 21.1 Å². The predicted molar refractivity (Wildman–Crippen MR) is 72.5 cm³/mol. The van der Waals surface area contributed by atoms with Crippen molar-refractivity contribution in [2.75, 3.05) is 14.2 Å². The first-order valence-corrected chi connectivity index (χ1v) is 6.23. The van der Waals surface area contributed by atoms with Crippen LogP contribution in [-0.2, 0) is 10.2 Å². The molecule has 0 amide bonds. The van der Waals surface area contributed by atoms with Crippen LogP contribution in [0, 0.1) is 0 Å². The van der Waals surface area contributed by atoms with Gasteiger partial charge in [0.1, 0.15) is 5.78 Å². The van der Waals surface area contributed by atoms with Crippen molar-refractivity contribution in [3.05, 3.63) is 23.8 Å². The topological polar surface area (TPSA) is 35.5 Å². The van der Waals surface area contributed by atoms with E-state index < -0.39 is 5.41 Å². The van der Waals surface area contributed by atoms with Crippen molar-refractivity contribution in [3.8, 4) is 11.5 Å². The molecular formula is C15H22O3. The van der Waals surface area contributed by atoms with E-state index in [2.05, 4.69) is 6.92 Å². The summed E-state index contributed by atoms with van der Waals surface area (Å²) in [4.78, 5) is 11.9. The number of hydrogen-bond donors (Lipinski definition) is 0. The fourth-order valence-electron chi connectivity index (χ4n) is 2.20. The maximum absolute atomic E-state index is 11.9. The molecule has 0 aliphatic rings. The second kappa shape index (κ2) is 5.89. The fraction of sp³-hybridized carbons (Fsp3) is 0.533. The molecule has 0 aliphatic carbocycles. The Bertz CT molecular complexity index is 426. The van der Waals surface area contributed by atoms with E-state index >= 15 is 0 Å². The summed E-state index contributed by atoms with van der Waals surface area (Å²) in [6.07, 6.45) is 1.79. The Morgan fingerprint density at radius 2 is 1.83 bits per heavy atom. The van der Waals surface area contributed by atoms with E-state index in [9.17, 15) is 4.79 Å². The lowest BCUT2D eigenvalue weighted by atomic mass is 9.75. The van der Waals surface area contributed by atoms with Crippen LogP contribution >= 0.6 is 0 Å². The number of hydrogen-bond acceptors (Lipinski definition) is 3. The molecule has 3 heteroatoms. The summed E-state index contributed by atoms with van der Waals surface area (Å²) in [5.41, 5.74) is 0.531. The van der Waals surface area contributed by atoms with Gasteiger partial charge in [0.25, 0.3) is 0 Å². The zero-order chi connectivity index (χ0) is 13.8. The van der Waals surface area contributed by atoms with Crippen LogP contribution < -0.4 is 9.47 Å². The van der Waals surface area contributed by atoms with Gasteiger partial charge in [-0.25, -0.2) is 0 Å². The highest BCUT2D eigenvalue weighted by Crippen LogP contribution is 2.36. The Hall–Kier alpha value is -1.51.